The minimum absolute atomic E-state index is 0.153. The first-order valence-electron chi connectivity index (χ1n) is 5.62. The molecule has 1 aromatic rings. The lowest BCUT2D eigenvalue weighted by molar-refractivity contribution is -0.143. The van der Waals surface area contributed by atoms with Gasteiger partial charge < -0.3 is 9.84 Å². The lowest BCUT2D eigenvalue weighted by Gasteiger charge is -2.11. The molecule has 0 bridgehead atoms. The van der Waals surface area contributed by atoms with Crippen molar-refractivity contribution >= 4 is 46.3 Å². The van der Waals surface area contributed by atoms with Crippen LogP contribution in [0.2, 0.25) is 0 Å². The lowest BCUT2D eigenvalue weighted by atomic mass is 10.2. The molecule has 5 nitrogen and oxygen atoms in total. The number of hydrogen-bond donors (Lipinski definition) is 1. The SMILES string of the molecule is COC(=O)CN1C(=O)C(=Cc2ccc(O)cc2)SC1=S. The van der Waals surface area contributed by atoms with Gasteiger partial charge in [0.1, 0.15) is 16.6 Å². The molecule has 0 atom stereocenters. The van der Waals surface area contributed by atoms with E-state index in [9.17, 15) is 14.7 Å². The van der Waals surface area contributed by atoms with Crippen molar-refractivity contribution in [2.24, 2.45) is 0 Å². The fraction of sp³-hybridized carbons (Fsp3) is 0.154. The van der Waals surface area contributed by atoms with Crippen LogP contribution in [0.5, 0.6) is 5.75 Å². The van der Waals surface area contributed by atoms with Crippen molar-refractivity contribution in [3.05, 3.63) is 34.7 Å². The minimum atomic E-state index is -0.521. The molecule has 1 saturated heterocycles. The molecular weight excluding hydrogens is 298 g/mol. The van der Waals surface area contributed by atoms with Crippen LogP contribution in [0.3, 0.4) is 0 Å². The number of esters is 1. The first-order valence-corrected chi connectivity index (χ1v) is 6.85. The zero-order chi connectivity index (χ0) is 14.7. The summed E-state index contributed by atoms with van der Waals surface area (Å²) in [5.41, 5.74) is 0.765. The summed E-state index contributed by atoms with van der Waals surface area (Å²) >= 11 is 6.21. The maximum atomic E-state index is 12.1. The van der Waals surface area contributed by atoms with Gasteiger partial charge in [-0.25, -0.2) is 0 Å². The molecule has 1 aliphatic rings. The Hall–Kier alpha value is -1.86. The van der Waals surface area contributed by atoms with Crippen LogP contribution in [-0.2, 0) is 14.3 Å². The van der Waals surface area contributed by atoms with Gasteiger partial charge in [-0.05, 0) is 23.8 Å². The van der Waals surface area contributed by atoms with E-state index in [4.69, 9.17) is 12.2 Å². The topological polar surface area (TPSA) is 66.8 Å². The van der Waals surface area contributed by atoms with Crippen molar-refractivity contribution in [2.75, 3.05) is 13.7 Å². The molecule has 1 N–H and O–H groups in total. The molecule has 1 amide bonds. The molecule has 0 radical (unpaired) electrons. The minimum Gasteiger partial charge on any atom is -0.508 e. The van der Waals surface area contributed by atoms with E-state index in [1.807, 2.05) is 0 Å². The average Bonchev–Trinajstić information content (AvgIpc) is 2.69. The summed E-state index contributed by atoms with van der Waals surface area (Å²) in [4.78, 5) is 25.0. The molecule has 2 rings (SSSR count). The average molecular weight is 309 g/mol. The zero-order valence-electron chi connectivity index (χ0n) is 10.5. The van der Waals surface area contributed by atoms with Crippen molar-refractivity contribution in [2.45, 2.75) is 0 Å². The Kier molecular flexibility index (Phi) is 4.41. The van der Waals surface area contributed by atoms with Gasteiger partial charge in [0.2, 0.25) is 0 Å². The molecule has 104 valence electrons. The van der Waals surface area contributed by atoms with Crippen LogP contribution in [0.1, 0.15) is 5.56 Å². The van der Waals surface area contributed by atoms with Crippen LogP contribution in [0.4, 0.5) is 0 Å². The summed E-state index contributed by atoms with van der Waals surface area (Å²) in [6.45, 7) is -0.186. The van der Waals surface area contributed by atoms with E-state index in [0.717, 1.165) is 17.3 Å². The lowest BCUT2D eigenvalue weighted by Crippen LogP contribution is -2.33. The van der Waals surface area contributed by atoms with Gasteiger partial charge in [-0.1, -0.05) is 36.1 Å². The van der Waals surface area contributed by atoms with Crippen LogP contribution in [0.15, 0.2) is 29.2 Å². The number of benzene rings is 1. The molecule has 0 spiro atoms. The number of phenolic OH excluding ortho intramolecular Hbond substituents is 1. The smallest absolute Gasteiger partial charge is 0.325 e. The number of aromatic hydroxyl groups is 1. The van der Waals surface area contributed by atoms with Gasteiger partial charge in [0.15, 0.2) is 0 Å². The fourth-order valence-corrected chi connectivity index (χ4v) is 2.81. The predicted octanol–water partition coefficient (Wildman–Crippen LogP) is 1.77. The number of ether oxygens (including phenoxy) is 1. The van der Waals surface area contributed by atoms with Crippen molar-refractivity contribution in [1.82, 2.24) is 4.90 Å². The molecule has 1 heterocycles. The Labute approximate surface area is 125 Å². The number of rotatable bonds is 3. The number of carbonyl (C=O) groups is 2. The highest BCUT2D eigenvalue weighted by Crippen LogP contribution is 2.32. The maximum Gasteiger partial charge on any atom is 0.325 e. The first kappa shape index (κ1) is 14.5. The third-order valence-electron chi connectivity index (χ3n) is 2.58. The highest BCUT2D eigenvalue weighted by molar-refractivity contribution is 8.26. The molecule has 0 aliphatic carbocycles. The van der Waals surface area contributed by atoms with E-state index < -0.39 is 5.97 Å². The van der Waals surface area contributed by atoms with E-state index in [0.29, 0.717) is 9.23 Å². The Morgan fingerprint density at radius 2 is 2.10 bits per heavy atom. The molecular formula is C13H11NO4S2. The summed E-state index contributed by atoms with van der Waals surface area (Å²) in [6.07, 6.45) is 1.66. The van der Waals surface area contributed by atoms with Crippen molar-refractivity contribution in [3.63, 3.8) is 0 Å². The van der Waals surface area contributed by atoms with Crippen LogP contribution < -0.4 is 0 Å². The molecule has 1 aromatic carbocycles. The number of nitrogens with zero attached hydrogens (tertiary/aromatic N) is 1. The number of carbonyl (C=O) groups excluding carboxylic acids is 2. The molecule has 7 heteroatoms. The summed E-state index contributed by atoms with van der Waals surface area (Å²) in [7, 11) is 1.26. The summed E-state index contributed by atoms with van der Waals surface area (Å²) in [5.74, 6) is -0.689. The number of amides is 1. The van der Waals surface area contributed by atoms with Gasteiger partial charge in [0.05, 0.1) is 12.0 Å². The maximum absolute atomic E-state index is 12.1. The van der Waals surface area contributed by atoms with Gasteiger partial charge in [-0.2, -0.15) is 0 Å². The van der Waals surface area contributed by atoms with Crippen LogP contribution >= 0.6 is 24.0 Å². The van der Waals surface area contributed by atoms with Crippen molar-refractivity contribution in [3.8, 4) is 5.75 Å². The molecule has 0 aromatic heterocycles. The Morgan fingerprint density at radius 3 is 2.70 bits per heavy atom. The number of methoxy groups -OCH3 is 1. The number of phenols is 1. The second-order valence-corrected chi connectivity index (χ2v) is 5.61. The van der Waals surface area contributed by atoms with Gasteiger partial charge in [-0.15, -0.1) is 0 Å². The van der Waals surface area contributed by atoms with Gasteiger partial charge in [0.25, 0.3) is 5.91 Å². The van der Waals surface area contributed by atoms with Crippen LogP contribution in [0.25, 0.3) is 6.08 Å². The Balaban J connectivity index is 2.19. The number of thiocarbonyl (C=S) groups is 1. The normalized spacial score (nSPS) is 16.9. The van der Waals surface area contributed by atoms with Crippen molar-refractivity contribution < 1.29 is 19.4 Å². The Morgan fingerprint density at radius 1 is 1.45 bits per heavy atom. The standard InChI is InChI=1S/C13H11NO4S2/c1-18-11(16)7-14-12(17)10(20-13(14)19)6-8-2-4-9(15)5-3-8/h2-6,15H,7H2,1H3. The zero-order valence-corrected chi connectivity index (χ0v) is 12.2. The summed E-state index contributed by atoms with van der Waals surface area (Å²) < 4.78 is 4.85. The quantitative estimate of drug-likeness (QED) is 0.521. The van der Waals surface area contributed by atoms with E-state index in [-0.39, 0.29) is 18.2 Å². The third-order valence-corrected chi connectivity index (χ3v) is 3.96. The van der Waals surface area contributed by atoms with Crippen LogP contribution in [0, 0.1) is 0 Å². The molecule has 1 fully saturated rings. The monoisotopic (exact) mass is 309 g/mol. The van der Waals surface area contributed by atoms with E-state index >= 15 is 0 Å². The highest BCUT2D eigenvalue weighted by atomic mass is 32.2. The summed E-state index contributed by atoms with van der Waals surface area (Å²) in [5, 5.41) is 9.21. The number of thioether (sulfide) groups is 1. The molecule has 1 aliphatic heterocycles. The second kappa shape index (κ2) is 6.06. The van der Waals surface area contributed by atoms with E-state index in [1.165, 1.54) is 24.1 Å². The fourth-order valence-electron chi connectivity index (χ4n) is 1.55. The van der Waals surface area contributed by atoms with Gasteiger partial charge >= 0.3 is 5.97 Å². The largest absolute Gasteiger partial charge is 0.508 e. The summed E-state index contributed by atoms with van der Waals surface area (Å²) in [6, 6.07) is 6.42. The van der Waals surface area contributed by atoms with Gasteiger partial charge in [0, 0.05) is 0 Å². The molecule has 20 heavy (non-hydrogen) atoms. The Bertz CT molecular complexity index is 595. The predicted molar refractivity (Wildman–Crippen MR) is 80.0 cm³/mol. The highest BCUT2D eigenvalue weighted by Gasteiger charge is 2.33. The van der Waals surface area contributed by atoms with Crippen molar-refractivity contribution in [1.29, 1.82) is 0 Å². The number of hydrogen-bond acceptors (Lipinski definition) is 6. The second-order valence-electron chi connectivity index (χ2n) is 3.94. The van der Waals surface area contributed by atoms with E-state index in [2.05, 4.69) is 4.74 Å². The van der Waals surface area contributed by atoms with Gasteiger partial charge in [-0.3, -0.25) is 14.5 Å². The first-order chi connectivity index (χ1) is 9.51. The van der Waals surface area contributed by atoms with Crippen LogP contribution in [-0.4, -0.2) is 39.9 Å². The molecule has 0 saturated carbocycles. The third kappa shape index (κ3) is 3.17. The van der Waals surface area contributed by atoms with E-state index in [1.54, 1.807) is 18.2 Å². The molecule has 0 unspecified atom stereocenters.